The summed E-state index contributed by atoms with van der Waals surface area (Å²) in [7, 11) is 0. The molecule has 24 heavy (non-hydrogen) atoms. The van der Waals surface area contributed by atoms with Crippen molar-refractivity contribution in [3.8, 4) is 22.8 Å². The number of para-hydroxylation sites is 1. The van der Waals surface area contributed by atoms with Crippen molar-refractivity contribution >= 4 is 0 Å². The molecule has 3 aromatic rings. The fraction of sp³-hybridized carbons (Fsp3) is 0.0556. The Morgan fingerprint density at radius 3 is 2.25 bits per heavy atom. The highest BCUT2D eigenvalue weighted by Gasteiger charge is 2.31. The molecule has 0 aliphatic rings. The maximum absolute atomic E-state index is 13.9. The normalized spacial score (nSPS) is 11.3. The zero-order chi connectivity index (χ0) is 17.2. The highest BCUT2D eigenvalue weighted by Crippen LogP contribution is 2.33. The zero-order valence-corrected chi connectivity index (χ0v) is 12.2. The number of hydrogen-bond donors (Lipinski definition) is 0. The van der Waals surface area contributed by atoms with E-state index in [4.69, 9.17) is 4.74 Å². The van der Waals surface area contributed by atoms with Crippen molar-refractivity contribution in [1.82, 2.24) is 4.98 Å². The molecule has 0 fully saturated rings. The van der Waals surface area contributed by atoms with Gasteiger partial charge in [-0.25, -0.2) is 9.37 Å². The first-order chi connectivity index (χ1) is 11.4. The summed E-state index contributed by atoms with van der Waals surface area (Å²) in [4.78, 5) is 4.01. The molecule has 1 aromatic heterocycles. The fourth-order valence-electron chi connectivity index (χ4n) is 2.13. The molecule has 2 aromatic carbocycles. The molecule has 3 rings (SSSR count). The molecule has 122 valence electrons. The molecule has 0 radical (unpaired) electrons. The third kappa shape index (κ3) is 3.53. The van der Waals surface area contributed by atoms with Crippen LogP contribution in [0.4, 0.5) is 17.6 Å². The molecule has 0 N–H and O–H groups in total. The van der Waals surface area contributed by atoms with Crippen molar-refractivity contribution < 1.29 is 22.3 Å². The summed E-state index contributed by atoms with van der Waals surface area (Å²) in [6.45, 7) is 0. The highest BCUT2D eigenvalue weighted by atomic mass is 19.4. The standard InChI is InChI=1S/C18H11F4NO/c19-16-8-7-13(18(20,21)22)10-15(16)12-6-9-17(23-11-12)24-14-4-2-1-3-5-14/h1-11H. The van der Waals surface area contributed by atoms with Gasteiger partial charge in [-0.05, 0) is 36.4 Å². The molecule has 0 aliphatic heterocycles. The number of ether oxygens (including phenoxy) is 1. The number of rotatable bonds is 3. The van der Waals surface area contributed by atoms with Crippen molar-refractivity contribution in [3.63, 3.8) is 0 Å². The van der Waals surface area contributed by atoms with E-state index in [0.717, 1.165) is 12.1 Å². The van der Waals surface area contributed by atoms with Gasteiger partial charge >= 0.3 is 6.18 Å². The van der Waals surface area contributed by atoms with Crippen LogP contribution in [0.5, 0.6) is 11.6 Å². The monoisotopic (exact) mass is 333 g/mol. The molecule has 0 saturated carbocycles. The molecule has 0 atom stereocenters. The van der Waals surface area contributed by atoms with E-state index >= 15 is 0 Å². The molecule has 0 bridgehead atoms. The van der Waals surface area contributed by atoms with Crippen molar-refractivity contribution in [1.29, 1.82) is 0 Å². The number of nitrogens with zero attached hydrogens (tertiary/aromatic N) is 1. The predicted molar refractivity (Wildman–Crippen MR) is 81.1 cm³/mol. The fourth-order valence-corrected chi connectivity index (χ4v) is 2.13. The summed E-state index contributed by atoms with van der Waals surface area (Å²) in [5.41, 5.74) is -0.842. The maximum Gasteiger partial charge on any atom is 0.416 e. The second kappa shape index (κ2) is 6.31. The average molecular weight is 333 g/mol. The van der Waals surface area contributed by atoms with Gasteiger partial charge in [0.25, 0.3) is 0 Å². The second-order valence-corrected chi connectivity index (χ2v) is 4.99. The van der Waals surface area contributed by atoms with Gasteiger partial charge in [0.2, 0.25) is 5.88 Å². The summed E-state index contributed by atoms with van der Waals surface area (Å²) in [5, 5.41) is 0. The van der Waals surface area contributed by atoms with Gasteiger partial charge in [-0.15, -0.1) is 0 Å². The van der Waals surface area contributed by atoms with Gasteiger partial charge in [-0.2, -0.15) is 13.2 Å². The average Bonchev–Trinajstić information content (AvgIpc) is 2.56. The van der Waals surface area contributed by atoms with E-state index in [1.807, 2.05) is 6.07 Å². The Kier molecular flexibility index (Phi) is 4.20. The molecule has 6 heteroatoms. The smallest absolute Gasteiger partial charge is 0.416 e. The van der Waals surface area contributed by atoms with E-state index in [9.17, 15) is 17.6 Å². The van der Waals surface area contributed by atoms with Crippen molar-refractivity contribution in [2.24, 2.45) is 0 Å². The summed E-state index contributed by atoms with van der Waals surface area (Å²) in [6, 6.07) is 14.1. The minimum absolute atomic E-state index is 0.163. The topological polar surface area (TPSA) is 22.1 Å². The molecule has 1 heterocycles. The highest BCUT2D eigenvalue weighted by molar-refractivity contribution is 5.64. The van der Waals surface area contributed by atoms with Crippen LogP contribution in [0.2, 0.25) is 0 Å². The molecule has 0 aliphatic carbocycles. The number of alkyl halides is 3. The molecule has 0 saturated heterocycles. The second-order valence-electron chi connectivity index (χ2n) is 4.99. The minimum Gasteiger partial charge on any atom is -0.439 e. The van der Waals surface area contributed by atoms with E-state index in [1.54, 1.807) is 24.3 Å². The quantitative estimate of drug-likeness (QED) is 0.574. The lowest BCUT2D eigenvalue weighted by Crippen LogP contribution is -2.05. The molecular formula is C18H11F4NO. The number of halogens is 4. The molecule has 0 spiro atoms. The Labute approximate surface area is 135 Å². The Bertz CT molecular complexity index is 830. The number of hydrogen-bond acceptors (Lipinski definition) is 2. The van der Waals surface area contributed by atoms with Crippen LogP contribution in [0.3, 0.4) is 0 Å². The van der Waals surface area contributed by atoms with Crippen LogP contribution in [0.15, 0.2) is 66.9 Å². The number of pyridine rings is 1. The van der Waals surface area contributed by atoms with Gasteiger partial charge in [-0.3, -0.25) is 0 Å². The first-order valence-electron chi connectivity index (χ1n) is 6.99. The van der Waals surface area contributed by atoms with E-state index in [-0.39, 0.29) is 17.0 Å². The van der Waals surface area contributed by atoms with Crippen LogP contribution in [0, 0.1) is 5.82 Å². The lowest BCUT2D eigenvalue weighted by atomic mass is 10.0. The third-order valence-electron chi connectivity index (χ3n) is 3.31. The zero-order valence-electron chi connectivity index (χ0n) is 12.2. The summed E-state index contributed by atoms with van der Waals surface area (Å²) >= 11 is 0. The Morgan fingerprint density at radius 2 is 1.62 bits per heavy atom. The molecule has 0 unspecified atom stereocenters. The SMILES string of the molecule is Fc1ccc(C(F)(F)F)cc1-c1ccc(Oc2ccccc2)nc1. The molecular weight excluding hydrogens is 322 g/mol. The summed E-state index contributed by atoms with van der Waals surface area (Å²) in [6.07, 6.45) is -3.26. The third-order valence-corrected chi connectivity index (χ3v) is 3.31. The first-order valence-corrected chi connectivity index (χ1v) is 6.99. The van der Waals surface area contributed by atoms with Crippen LogP contribution < -0.4 is 4.74 Å². The van der Waals surface area contributed by atoms with Gasteiger partial charge in [0.15, 0.2) is 0 Å². The lowest BCUT2D eigenvalue weighted by molar-refractivity contribution is -0.137. The number of benzene rings is 2. The predicted octanol–water partition coefficient (Wildman–Crippen LogP) is 5.70. The molecule has 0 amide bonds. The van der Waals surface area contributed by atoms with Crippen molar-refractivity contribution in [2.75, 3.05) is 0 Å². The van der Waals surface area contributed by atoms with E-state index < -0.39 is 17.6 Å². The van der Waals surface area contributed by atoms with E-state index in [2.05, 4.69) is 4.98 Å². The van der Waals surface area contributed by atoms with Gasteiger partial charge in [0, 0.05) is 23.4 Å². The van der Waals surface area contributed by atoms with Crippen LogP contribution in [0.1, 0.15) is 5.56 Å². The van der Waals surface area contributed by atoms with Gasteiger partial charge in [-0.1, -0.05) is 18.2 Å². The summed E-state index contributed by atoms with van der Waals surface area (Å²) < 4.78 is 57.6. The largest absolute Gasteiger partial charge is 0.439 e. The van der Waals surface area contributed by atoms with Gasteiger partial charge in [0.1, 0.15) is 11.6 Å². The summed E-state index contributed by atoms with van der Waals surface area (Å²) in [5.74, 6) is 0.0851. The lowest BCUT2D eigenvalue weighted by Gasteiger charge is -2.10. The van der Waals surface area contributed by atoms with Gasteiger partial charge in [0.05, 0.1) is 5.56 Å². The van der Waals surface area contributed by atoms with Crippen molar-refractivity contribution in [2.45, 2.75) is 6.18 Å². The van der Waals surface area contributed by atoms with E-state index in [1.165, 1.54) is 18.3 Å². The Hall–Kier alpha value is -2.89. The maximum atomic E-state index is 13.9. The van der Waals surface area contributed by atoms with Gasteiger partial charge < -0.3 is 4.74 Å². The van der Waals surface area contributed by atoms with Crippen LogP contribution in [0.25, 0.3) is 11.1 Å². The van der Waals surface area contributed by atoms with E-state index in [0.29, 0.717) is 11.8 Å². The minimum atomic E-state index is -4.54. The van der Waals surface area contributed by atoms with Crippen LogP contribution in [-0.2, 0) is 6.18 Å². The number of aromatic nitrogens is 1. The molecule has 2 nitrogen and oxygen atoms in total. The van der Waals surface area contributed by atoms with Crippen LogP contribution >= 0.6 is 0 Å². The first kappa shape index (κ1) is 16.0. The Balaban J connectivity index is 1.88. The van der Waals surface area contributed by atoms with Crippen LogP contribution in [-0.4, -0.2) is 4.98 Å². The van der Waals surface area contributed by atoms with Crippen molar-refractivity contribution in [3.05, 3.63) is 78.2 Å². The Morgan fingerprint density at radius 1 is 0.875 bits per heavy atom.